The first-order valence-corrected chi connectivity index (χ1v) is 13.1. The van der Waals surface area contributed by atoms with Gasteiger partial charge in [-0.1, -0.05) is 116 Å². The van der Waals surface area contributed by atoms with Gasteiger partial charge >= 0.3 is 6.16 Å². The van der Waals surface area contributed by atoms with E-state index in [0.29, 0.717) is 19.1 Å². The van der Waals surface area contributed by atoms with Gasteiger partial charge in [-0.05, 0) is 38.0 Å². The van der Waals surface area contributed by atoms with E-state index >= 15 is 0 Å². The Morgan fingerprint density at radius 1 is 0.633 bits per heavy atom. The monoisotopic (exact) mass is 424 g/mol. The predicted octanol–water partition coefficient (Wildman–Crippen LogP) is 9.39. The van der Waals surface area contributed by atoms with Crippen LogP contribution in [0.15, 0.2) is 12.2 Å². The lowest BCUT2D eigenvalue weighted by atomic mass is 10.1. The lowest BCUT2D eigenvalue weighted by molar-refractivity contribution is 0.0465. The molecular weight excluding hydrogens is 372 g/mol. The minimum Gasteiger partial charge on any atom is -0.434 e. The molecule has 0 N–H and O–H groups in total. The van der Waals surface area contributed by atoms with Gasteiger partial charge in [-0.2, -0.15) is 0 Å². The molecule has 0 fully saturated rings. The molecule has 0 rings (SSSR count). The van der Waals surface area contributed by atoms with Crippen LogP contribution in [0.4, 0.5) is 4.79 Å². The fourth-order valence-electron chi connectivity index (χ4n) is 3.49. The van der Waals surface area contributed by atoms with Crippen LogP contribution in [0.1, 0.15) is 136 Å². The molecule has 0 amide bonds. The van der Waals surface area contributed by atoms with Gasteiger partial charge in [0.2, 0.25) is 0 Å². The molecule has 0 aromatic carbocycles. The average Bonchev–Trinajstić information content (AvgIpc) is 2.73. The smallest absolute Gasteiger partial charge is 0.434 e. The van der Waals surface area contributed by atoms with Crippen LogP contribution in [-0.2, 0) is 9.47 Å². The van der Waals surface area contributed by atoms with Crippen LogP contribution in [0.3, 0.4) is 0 Å². The molecule has 0 heterocycles. The number of carbonyl (C=O) groups is 1. The summed E-state index contributed by atoms with van der Waals surface area (Å²) in [4.78, 5) is 11.3. The van der Waals surface area contributed by atoms with Gasteiger partial charge in [0.1, 0.15) is 0 Å². The zero-order chi connectivity index (χ0) is 22.1. The van der Waals surface area contributed by atoms with Crippen molar-refractivity contribution >= 4 is 6.16 Å². The molecule has 0 radical (unpaired) electrons. The van der Waals surface area contributed by atoms with E-state index in [0.717, 1.165) is 12.8 Å². The first-order chi connectivity index (χ1) is 14.7. The molecule has 0 aliphatic heterocycles. The standard InChI is InChI=1S/C27H52O3/c1-4-5-6-7-8-9-10-11-12-13-14-15-16-17-18-19-20-21-22-23-24-29-27(28)30-25-26(2)3/h11-12,26H,4-10,13-25H2,1-3H3/b12-11+. The summed E-state index contributed by atoms with van der Waals surface area (Å²) in [6.07, 6.45) is 28.1. The summed E-state index contributed by atoms with van der Waals surface area (Å²) in [7, 11) is 0. The lowest BCUT2D eigenvalue weighted by Gasteiger charge is -2.07. The van der Waals surface area contributed by atoms with E-state index in [4.69, 9.17) is 9.47 Å². The number of rotatable bonds is 22. The van der Waals surface area contributed by atoms with E-state index in [1.807, 2.05) is 13.8 Å². The summed E-state index contributed by atoms with van der Waals surface area (Å²) in [5.74, 6) is 0.356. The molecule has 0 unspecified atom stereocenters. The van der Waals surface area contributed by atoms with Gasteiger partial charge in [0, 0.05) is 0 Å². The zero-order valence-corrected chi connectivity index (χ0v) is 20.6. The second-order valence-electron chi connectivity index (χ2n) is 9.16. The number of carbonyl (C=O) groups excluding carboxylic acids is 1. The second-order valence-corrected chi connectivity index (χ2v) is 9.16. The normalized spacial score (nSPS) is 11.5. The molecule has 30 heavy (non-hydrogen) atoms. The fourth-order valence-corrected chi connectivity index (χ4v) is 3.49. The Labute approximate surface area is 188 Å². The minimum absolute atomic E-state index is 0.356. The number of unbranched alkanes of at least 4 members (excludes halogenated alkanes) is 16. The van der Waals surface area contributed by atoms with Crippen molar-refractivity contribution in [3.05, 3.63) is 12.2 Å². The molecular formula is C27H52O3. The zero-order valence-electron chi connectivity index (χ0n) is 20.6. The largest absolute Gasteiger partial charge is 0.508 e. The summed E-state index contributed by atoms with van der Waals surface area (Å²) in [6.45, 7) is 7.24. The molecule has 0 atom stereocenters. The number of hydrogen-bond acceptors (Lipinski definition) is 3. The highest BCUT2D eigenvalue weighted by Gasteiger charge is 2.04. The van der Waals surface area contributed by atoms with E-state index in [1.165, 1.54) is 103 Å². The van der Waals surface area contributed by atoms with Crippen molar-refractivity contribution in [2.45, 2.75) is 136 Å². The van der Waals surface area contributed by atoms with E-state index < -0.39 is 6.16 Å². The van der Waals surface area contributed by atoms with Crippen LogP contribution in [0, 0.1) is 5.92 Å². The van der Waals surface area contributed by atoms with Gasteiger partial charge in [-0.15, -0.1) is 0 Å². The minimum atomic E-state index is -0.517. The first-order valence-electron chi connectivity index (χ1n) is 13.1. The van der Waals surface area contributed by atoms with Crippen molar-refractivity contribution in [2.75, 3.05) is 13.2 Å². The molecule has 0 saturated carbocycles. The highest BCUT2D eigenvalue weighted by Crippen LogP contribution is 2.12. The summed E-state index contributed by atoms with van der Waals surface area (Å²) in [6, 6.07) is 0. The predicted molar refractivity (Wildman–Crippen MR) is 130 cm³/mol. The van der Waals surface area contributed by atoms with Gasteiger partial charge in [-0.3, -0.25) is 0 Å². The third-order valence-electron chi connectivity index (χ3n) is 5.41. The highest BCUT2D eigenvalue weighted by molar-refractivity contribution is 5.59. The third-order valence-corrected chi connectivity index (χ3v) is 5.41. The van der Waals surface area contributed by atoms with E-state index in [-0.39, 0.29) is 0 Å². The summed E-state index contributed by atoms with van der Waals surface area (Å²) in [5, 5.41) is 0. The molecule has 0 aliphatic carbocycles. The Bertz CT molecular complexity index is 376. The number of ether oxygens (including phenoxy) is 2. The summed E-state index contributed by atoms with van der Waals surface area (Å²) >= 11 is 0. The van der Waals surface area contributed by atoms with Gasteiger partial charge in [0.15, 0.2) is 0 Å². The maximum absolute atomic E-state index is 11.3. The third kappa shape index (κ3) is 25.0. The van der Waals surface area contributed by atoms with Gasteiger partial charge < -0.3 is 9.47 Å². The second kappa shape index (κ2) is 24.3. The van der Waals surface area contributed by atoms with Crippen molar-refractivity contribution in [3.8, 4) is 0 Å². The summed E-state index contributed by atoms with van der Waals surface area (Å²) in [5.41, 5.74) is 0. The van der Waals surface area contributed by atoms with Gasteiger partial charge in [-0.25, -0.2) is 4.79 Å². The molecule has 0 bridgehead atoms. The van der Waals surface area contributed by atoms with E-state index in [1.54, 1.807) is 0 Å². The molecule has 3 nitrogen and oxygen atoms in total. The Hall–Kier alpha value is -0.990. The molecule has 3 heteroatoms. The Morgan fingerprint density at radius 2 is 1.07 bits per heavy atom. The fraction of sp³-hybridized carbons (Fsp3) is 0.889. The van der Waals surface area contributed by atoms with Crippen LogP contribution in [0.25, 0.3) is 0 Å². The van der Waals surface area contributed by atoms with Crippen LogP contribution < -0.4 is 0 Å². The number of allylic oxidation sites excluding steroid dienone is 2. The quantitative estimate of drug-likeness (QED) is 0.0986. The van der Waals surface area contributed by atoms with Crippen LogP contribution in [0.5, 0.6) is 0 Å². The van der Waals surface area contributed by atoms with Crippen molar-refractivity contribution in [3.63, 3.8) is 0 Å². The Kier molecular flexibility index (Phi) is 23.5. The summed E-state index contributed by atoms with van der Waals surface area (Å²) < 4.78 is 10.0. The van der Waals surface area contributed by atoms with Crippen molar-refractivity contribution in [2.24, 2.45) is 5.92 Å². The molecule has 0 aromatic heterocycles. The van der Waals surface area contributed by atoms with E-state index in [2.05, 4.69) is 19.1 Å². The molecule has 0 saturated heterocycles. The Morgan fingerprint density at radius 3 is 1.53 bits per heavy atom. The highest BCUT2D eigenvalue weighted by atomic mass is 16.7. The SMILES string of the molecule is CCCCCCCC/C=C/CCCCCCCCCCCCOC(=O)OCC(C)C. The van der Waals surface area contributed by atoms with Gasteiger partial charge in [0.05, 0.1) is 13.2 Å². The molecule has 0 aliphatic rings. The first kappa shape index (κ1) is 29.0. The molecule has 0 aromatic rings. The van der Waals surface area contributed by atoms with Gasteiger partial charge in [0.25, 0.3) is 0 Å². The van der Waals surface area contributed by atoms with Crippen molar-refractivity contribution in [1.82, 2.24) is 0 Å². The van der Waals surface area contributed by atoms with E-state index in [9.17, 15) is 4.79 Å². The topological polar surface area (TPSA) is 35.5 Å². The maximum Gasteiger partial charge on any atom is 0.508 e. The van der Waals surface area contributed by atoms with Crippen LogP contribution >= 0.6 is 0 Å². The molecule has 178 valence electrons. The number of hydrogen-bond donors (Lipinski definition) is 0. The lowest BCUT2D eigenvalue weighted by Crippen LogP contribution is -2.12. The Balaban J connectivity index is 3.14. The maximum atomic E-state index is 11.3. The van der Waals surface area contributed by atoms with Crippen molar-refractivity contribution < 1.29 is 14.3 Å². The molecule has 0 spiro atoms. The van der Waals surface area contributed by atoms with Crippen LogP contribution in [-0.4, -0.2) is 19.4 Å². The van der Waals surface area contributed by atoms with Crippen molar-refractivity contribution in [1.29, 1.82) is 0 Å². The average molecular weight is 425 g/mol. The van der Waals surface area contributed by atoms with Crippen LogP contribution in [0.2, 0.25) is 0 Å².